The number of hydrogen-bond donors (Lipinski definition) is 1. The SMILES string of the molecule is CCCCC(=O)O/N=C/c1c(C)[nH]c2ccccc12. The van der Waals surface area contributed by atoms with Gasteiger partial charge in [-0.1, -0.05) is 36.7 Å². The molecule has 0 radical (unpaired) electrons. The van der Waals surface area contributed by atoms with Gasteiger partial charge in [-0.15, -0.1) is 0 Å². The van der Waals surface area contributed by atoms with Crippen LogP contribution in [0, 0.1) is 6.92 Å². The smallest absolute Gasteiger partial charge is 0.335 e. The molecule has 0 unspecified atom stereocenters. The third kappa shape index (κ3) is 3.22. The maximum absolute atomic E-state index is 11.3. The Hall–Kier alpha value is -2.10. The second-order valence-corrected chi connectivity index (χ2v) is 4.51. The fourth-order valence-corrected chi connectivity index (χ4v) is 1.97. The molecule has 0 saturated carbocycles. The molecule has 2 rings (SSSR count). The molecule has 2 aromatic rings. The van der Waals surface area contributed by atoms with Crippen LogP contribution >= 0.6 is 0 Å². The van der Waals surface area contributed by atoms with E-state index in [4.69, 9.17) is 4.84 Å². The summed E-state index contributed by atoms with van der Waals surface area (Å²) in [5.41, 5.74) is 3.02. The quantitative estimate of drug-likeness (QED) is 0.506. The van der Waals surface area contributed by atoms with Crippen molar-refractivity contribution >= 4 is 23.1 Å². The number of carbonyl (C=O) groups is 1. The molecule has 0 bridgehead atoms. The largest absolute Gasteiger partial charge is 0.358 e. The van der Waals surface area contributed by atoms with Gasteiger partial charge in [-0.3, -0.25) is 0 Å². The van der Waals surface area contributed by atoms with E-state index >= 15 is 0 Å². The molecule has 0 aliphatic carbocycles. The van der Waals surface area contributed by atoms with E-state index in [-0.39, 0.29) is 5.97 Å². The number of benzene rings is 1. The Balaban J connectivity index is 2.08. The number of aromatic amines is 1. The number of aryl methyl sites for hydroxylation is 1. The molecule has 0 atom stereocenters. The molecule has 1 N–H and O–H groups in total. The average Bonchev–Trinajstić information content (AvgIpc) is 2.73. The van der Waals surface area contributed by atoms with E-state index in [1.165, 1.54) is 0 Å². The van der Waals surface area contributed by atoms with Gasteiger partial charge in [0.1, 0.15) is 0 Å². The van der Waals surface area contributed by atoms with Gasteiger partial charge in [0.15, 0.2) is 0 Å². The van der Waals surface area contributed by atoms with E-state index in [1.807, 2.05) is 38.1 Å². The topological polar surface area (TPSA) is 54.4 Å². The molecular formula is C15H18N2O2. The Morgan fingerprint density at radius 3 is 3.00 bits per heavy atom. The number of H-pyrrole nitrogens is 1. The zero-order chi connectivity index (χ0) is 13.7. The molecular weight excluding hydrogens is 240 g/mol. The van der Waals surface area contributed by atoms with Crippen molar-refractivity contribution in [2.75, 3.05) is 0 Å². The zero-order valence-electron chi connectivity index (χ0n) is 11.3. The van der Waals surface area contributed by atoms with Crippen LogP contribution in [0.4, 0.5) is 0 Å². The summed E-state index contributed by atoms with van der Waals surface area (Å²) in [7, 11) is 0. The zero-order valence-corrected chi connectivity index (χ0v) is 11.3. The summed E-state index contributed by atoms with van der Waals surface area (Å²) in [6, 6.07) is 7.97. The van der Waals surface area contributed by atoms with E-state index in [1.54, 1.807) is 6.21 Å². The first kappa shape index (κ1) is 13.3. The highest BCUT2D eigenvalue weighted by atomic mass is 16.7. The predicted octanol–water partition coefficient (Wildman–Crippen LogP) is 3.54. The minimum atomic E-state index is -0.282. The molecule has 4 nitrogen and oxygen atoms in total. The molecule has 19 heavy (non-hydrogen) atoms. The lowest BCUT2D eigenvalue weighted by atomic mass is 10.1. The van der Waals surface area contributed by atoms with Gasteiger partial charge in [0.25, 0.3) is 0 Å². The summed E-state index contributed by atoms with van der Waals surface area (Å²) in [5, 5.41) is 4.86. The molecule has 0 aliphatic heterocycles. The highest BCUT2D eigenvalue weighted by Gasteiger charge is 2.06. The van der Waals surface area contributed by atoms with Crippen LogP contribution < -0.4 is 0 Å². The van der Waals surface area contributed by atoms with Crippen LogP contribution in [0.25, 0.3) is 10.9 Å². The Bertz CT molecular complexity index is 599. The lowest BCUT2D eigenvalue weighted by Crippen LogP contribution is -1.99. The predicted molar refractivity (Wildman–Crippen MR) is 76.2 cm³/mol. The number of nitrogens with one attached hydrogen (secondary N) is 1. The van der Waals surface area contributed by atoms with Crippen LogP contribution in [-0.2, 0) is 9.63 Å². The van der Waals surface area contributed by atoms with Crippen molar-refractivity contribution in [3.8, 4) is 0 Å². The summed E-state index contributed by atoms with van der Waals surface area (Å²) in [5.74, 6) is -0.282. The van der Waals surface area contributed by atoms with Crippen LogP contribution in [0.3, 0.4) is 0 Å². The summed E-state index contributed by atoms with van der Waals surface area (Å²) < 4.78 is 0. The highest BCUT2D eigenvalue weighted by Crippen LogP contribution is 2.19. The van der Waals surface area contributed by atoms with Crippen LogP contribution in [-0.4, -0.2) is 17.2 Å². The number of fused-ring (bicyclic) bond motifs is 1. The van der Waals surface area contributed by atoms with Crippen molar-refractivity contribution < 1.29 is 9.63 Å². The maximum Gasteiger partial charge on any atom is 0.335 e. The Kier molecular flexibility index (Phi) is 4.34. The minimum absolute atomic E-state index is 0.282. The monoisotopic (exact) mass is 258 g/mol. The molecule has 0 spiro atoms. The first-order valence-corrected chi connectivity index (χ1v) is 6.53. The molecule has 0 fully saturated rings. The van der Waals surface area contributed by atoms with Gasteiger partial charge in [0.2, 0.25) is 0 Å². The molecule has 0 saturated heterocycles. The van der Waals surface area contributed by atoms with Crippen LogP contribution in [0.2, 0.25) is 0 Å². The lowest BCUT2D eigenvalue weighted by molar-refractivity contribution is -0.143. The second kappa shape index (κ2) is 6.18. The number of rotatable bonds is 5. The van der Waals surface area contributed by atoms with E-state index in [0.717, 1.165) is 35.0 Å². The molecule has 4 heteroatoms. The lowest BCUT2D eigenvalue weighted by Gasteiger charge is -1.96. The molecule has 0 amide bonds. The number of nitrogens with zero attached hydrogens (tertiary/aromatic N) is 1. The fraction of sp³-hybridized carbons (Fsp3) is 0.333. The highest BCUT2D eigenvalue weighted by molar-refractivity contribution is 6.00. The van der Waals surface area contributed by atoms with Gasteiger partial charge in [0, 0.05) is 28.6 Å². The number of para-hydroxylation sites is 1. The Morgan fingerprint density at radius 2 is 2.21 bits per heavy atom. The third-order valence-electron chi connectivity index (χ3n) is 3.01. The van der Waals surface area contributed by atoms with E-state index in [2.05, 4.69) is 10.1 Å². The van der Waals surface area contributed by atoms with Crippen molar-refractivity contribution in [2.45, 2.75) is 33.1 Å². The standard InChI is InChI=1S/C15H18N2O2/c1-3-4-9-15(18)19-16-10-13-11(2)17-14-8-6-5-7-12(13)14/h5-8,10,17H,3-4,9H2,1-2H3/b16-10+. The molecule has 1 aromatic carbocycles. The molecule has 1 heterocycles. The number of unbranched alkanes of at least 4 members (excludes halogenated alkanes) is 1. The number of hydrogen-bond acceptors (Lipinski definition) is 3. The van der Waals surface area contributed by atoms with Gasteiger partial charge < -0.3 is 9.82 Å². The number of aromatic nitrogens is 1. The van der Waals surface area contributed by atoms with Crippen molar-refractivity contribution in [3.63, 3.8) is 0 Å². The van der Waals surface area contributed by atoms with Gasteiger partial charge in [0.05, 0.1) is 6.21 Å². The van der Waals surface area contributed by atoms with Crippen LogP contribution in [0.5, 0.6) is 0 Å². The molecule has 100 valence electrons. The van der Waals surface area contributed by atoms with Gasteiger partial charge in [-0.25, -0.2) is 4.79 Å². The summed E-state index contributed by atoms with van der Waals surface area (Å²) in [4.78, 5) is 19.4. The molecule has 1 aromatic heterocycles. The van der Waals surface area contributed by atoms with E-state index in [9.17, 15) is 4.79 Å². The molecule has 0 aliphatic rings. The Morgan fingerprint density at radius 1 is 1.42 bits per heavy atom. The first-order chi connectivity index (χ1) is 9.22. The van der Waals surface area contributed by atoms with Crippen LogP contribution in [0.1, 0.15) is 37.4 Å². The van der Waals surface area contributed by atoms with Crippen molar-refractivity contribution in [3.05, 3.63) is 35.5 Å². The summed E-state index contributed by atoms with van der Waals surface area (Å²) in [6.45, 7) is 4.01. The van der Waals surface area contributed by atoms with Gasteiger partial charge in [-0.05, 0) is 19.4 Å². The fourth-order valence-electron chi connectivity index (χ4n) is 1.97. The van der Waals surface area contributed by atoms with Crippen LogP contribution in [0.15, 0.2) is 29.4 Å². The van der Waals surface area contributed by atoms with Gasteiger partial charge in [-0.2, -0.15) is 0 Å². The first-order valence-electron chi connectivity index (χ1n) is 6.53. The Labute approximate surface area is 112 Å². The van der Waals surface area contributed by atoms with Gasteiger partial charge >= 0.3 is 5.97 Å². The minimum Gasteiger partial charge on any atom is -0.358 e. The summed E-state index contributed by atoms with van der Waals surface area (Å²) >= 11 is 0. The maximum atomic E-state index is 11.3. The number of oxime groups is 1. The second-order valence-electron chi connectivity index (χ2n) is 4.51. The van der Waals surface area contributed by atoms with E-state index in [0.29, 0.717) is 6.42 Å². The number of carbonyl (C=O) groups excluding carboxylic acids is 1. The van der Waals surface area contributed by atoms with Crippen molar-refractivity contribution in [2.24, 2.45) is 5.16 Å². The van der Waals surface area contributed by atoms with Crippen molar-refractivity contribution in [1.29, 1.82) is 0 Å². The normalized spacial score (nSPS) is 11.3. The average molecular weight is 258 g/mol. The van der Waals surface area contributed by atoms with E-state index < -0.39 is 0 Å². The summed E-state index contributed by atoms with van der Waals surface area (Å²) in [6.07, 6.45) is 3.82. The van der Waals surface area contributed by atoms with Crippen molar-refractivity contribution in [1.82, 2.24) is 4.98 Å². The third-order valence-corrected chi connectivity index (χ3v) is 3.01.